The lowest BCUT2D eigenvalue weighted by Gasteiger charge is -2.04. The minimum Gasteiger partial charge on any atom is -0.312 e. The molecular weight excluding hydrogens is 225 g/mol. The summed E-state index contributed by atoms with van der Waals surface area (Å²) in [6.07, 6.45) is 1.57. The molecule has 0 radical (unpaired) electrons. The van der Waals surface area contributed by atoms with Gasteiger partial charge in [0.25, 0.3) is 0 Å². The van der Waals surface area contributed by atoms with E-state index in [1.165, 1.54) is 17.4 Å². The zero-order chi connectivity index (χ0) is 11.5. The van der Waals surface area contributed by atoms with Crippen molar-refractivity contribution in [1.82, 2.24) is 15.3 Å². The van der Waals surface area contributed by atoms with E-state index in [1.807, 2.05) is 19.4 Å². The third-order valence-corrected chi connectivity index (χ3v) is 3.23. The van der Waals surface area contributed by atoms with Crippen molar-refractivity contribution in [3.8, 4) is 10.7 Å². The van der Waals surface area contributed by atoms with Gasteiger partial charge in [-0.2, -0.15) is 0 Å². The van der Waals surface area contributed by atoms with Crippen molar-refractivity contribution < 1.29 is 4.39 Å². The molecule has 0 amide bonds. The highest BCUT2D eigenvalue weighted by Gasteiger charge is 2.12. The number of rotatable bonds is 3. The molecule has 1 atom stereocenters. The Morgan fingerprint density at radius 2 is 2.31 bits per heavy atom. The van der Waals surface area contributed by atoms with Gasteiger partial charge in [0.15, 0.2) is 5.82 Å². The third-order valence-electron chi connectivity index (χ3n) is 2.36. The Morgan fingerprint density at radius 3 is 3.00 bits per heavy atom. The SMILES string of the molecule is CNC(C)c1csc(-c2ncccc2F)n1. The summed E-state index contributed by atoms with van der Waals surface area (Å²) in [5, 5.41) is 5.63. The Hall–Kier alpha value is -1.33. The van der Waals surface area contributed by atoms with Crippen LogP contribution in [0.15, 0.2) is 23.7 Å². The summed E-state index contributed by atoms with van der Waals surface area (Å²) < 4.78 is 13.5. The zero-order valence-corrected chi connectivity index (χ0v) is 9.88. The number of hydrogen-bond donors (Lipinski definition) is 1. The molecule has 2 heterocycles. The minimum atomic E-state index is -0.333. The number of nitrogens with zero attached hydrogens (tertiary/aromatic N) is 2. The number of nitrogens with one attached hydrogen (secondary N) is 1. The van der Waals surface area contributed by atoms with Gasteiger partial charge < -0.3 is 5.32 Å². The van der Waals surface area contributed by atoms with Crippen molar-refractivity contribution in [2.45, 2.75) is 13.0 Å². The van der Waals surface area contributed by atoms with E-state index in [2.05, 4.69) is 15.3 Å². The molecule has 0 aliphatic rings. The van der Waals surface area contributed by atoms with Crippen molar-refractivity contribution in [2.75, 3.05) is 7.05 Å². The van der Waals surface area contributed by atoms with Crippen LogP contribution in [0.25, 0.3) is 10.7 Å². The molecule has 1 N–H and O–H groups in total. The molecule has 0 saturated heterocycles. The van der Waals surface area contributed by atoms with Crippen LogP contribution >= 0.6 is 11.3 Å². The number of halogens is 1. The smallest absolute Gasteiger partial charge is 0.151 e. The molecule has 2 aromatic heterocycles. The van der Waals surface area contributed by atoms with Crippen LogP contribution in [0.1, 0.15) is 18.7 Å². The molecule has 0 bridgehead atoms. The Bertz CT molecular complexity index is 484. The van der Waals surface area contributed by atoms with E-state index in [0.29, 0.717) is 10.7 Å². The van der Waals surface area contributed by atoms with E-state index in [4.69, 9.17) is 0 Å². The summed E-state index contributed by atoms with van der Waals surface area (Å²) in [7, 11) is 1.87. The van der Waals surface area contributed by atoms with E-state index >= 15 is 0 Å². The van der Waals surface area contributed by atoms with Crippen LogP contribution in [0.5, 0.6) is 0 Å². The number of thiazole rings is 1. The van der Waals surface area contributed by atoms with Crippen LogP contribution in [-0.2, 0) is 0 Å². The highest BCUT2D eigenvalue weighted by atomic mass is 32.1. The maximum absolute atomic E-state index is 13.5. The summed E-state index contributed by atoms with van der Waals surface area (Å²) in [6, 6.07) is 3.13. The fraction of sp³-hybridized carbons (Fsp3) is 0.273. The Labute approximate surface area is 97.4 Å². The van der Waals surface area contributed by atoms with E-state index in [0.717, 1.165) is 5.69 Å². The standard InChI is InChI=1S/C11H12FN3S/c1-7(13-2)9-6-16-11(15-9)10-8(12)4-3-5-14-10/h3-7,13H,1-2H3. The van der Waals surface area contributed by atoms with Gasteiger partial charge >= 0.3 is 0 Å². The van der Waals surface area contributed by atoms with Crippen LogP contribution in [-0.4, -0.2) is 17.0 Å². The van der Waals surface area contributed by atoms with Crippen molar-refractivity contribution in [3.05, 3.63) is 35.2 Å². The van der Waals surface area contributed by atoms with E-state index in [-0.39, 0.29) is 11.9 Å². The van der Waals surface area contributed by atoms with Gasteiger partial charge in [-0.1, -0.05) is 0 Å². The van der Waals surface area contributed by atoms with E-state index < -0.39 is 0 Å². The summed E-state index contributed by atoms with van der Waals surface area (Å²) in [5.41, 5.74) is 1.23. The molecule has 0 aliphatic carbocycles. The first-order valence-electron chi connectivity index (χ1n) is 4.96. The molecular formula is C11H12FN3S. The highest BCUT2D eigenvalue weighted by Crippen LogP contribution is 2.26. The predicted octanol–water partition coefficient (Wildman–Crippen LogP) is 2.62. The number of aromatic nitrogens is 2. The van der Waals surface area contributed by atoms with Crippen molar-refractivity contribution in [2.24, 2.45) is 0 Å². The lowest BCUT2D eigenvalue weighted by atomic mass is 10.3. The van der Waals surface area contributed by atoms with Crippen LogP contribution in [0.3, 0.4) is 0 Å². The molecule has 2 rings (SSSR count). The molecule has 3 nitrogen and oxygen atoms in total. The summed E-state index contributed by atoms with van der Waals surface area (Å²) in [4.78, 5) is 8.37. The average molecular weight is 237 g/mol. The zero-order valence-electron chi connectivity index (χ0n) is 9.07. The molecule has 16 heavy (non-hydrogen) atoms. The second kappa shape index (κ2) is 4.67. The van der Waals surface area contributed by atoms with Gasteiger partial charge in [-0.3, -0.25) is 4.98 Å². The Morgan fingerprint density at radius 1 is 1.50 bits per heavy atom. The highest BCUT2D eigenvalue weighted by molar-refractivity contribution is 7.13. The fourth-order valence-electron chi connectivity index (χ4n) is 1.28. The molecule has 0 fully saturated rings. The summed E-state index contributed by atoms with van der Waals surface area (Å²) >= 11 is 1.41. The van der Waals surface area contributed by atoms with Gasteiger partial charge in [-0.25, -0.2) is 9.37 Å². The molecule has 0 aliphatic heterocycles. The normalized spacial score (nSPS) is 12.7. The van der Waals surface area contributed by atoms with Gasteiger partial charge in [-0.05, 0) is 26.1 Å². The first-order valence-corrected chi connectivity index (χ1v) is 5.84. The van der Waals surface area contributed by atoms with Crippen LogP contribution in [0.4, 0.5) is 4.39 Å². The van der Waals surface area contributed by atoms with Gasteiger partial charge in [0.1, 0.15) is 10.7 Å². The lowest BCUT2D eigenvalue weighted by molar-refractivity contribution is 0.623. The average Bonchev–Trinajstić information content (AvgIpc) is 2.78. The first-order chi connectivity index (χ1) is 7.72. The van der Waals surface area contributed by atoms with Gasteiger partial charge in [0, 0.05) is 17.6 Å². The fourth-order valence-corrected chi connectivity index (χ4v) is 2.19. The molecule has 0 spiro atoms. The van der Waals surface area contributed by atoms with Crippen molar-refractivity contribution in [3.63, 3.8) is 0 Å². The molecule has 5 heteroatoms. The second-order valence-corrected chi connectivity index (χ2v) is 4.28. The molecule has 1 unspecified atom stereocenters. The maximum Gasteiger partial charge on any atom is 0.151 e. The van der Waals surface area contributed by atoms with Crippen LogP contribution in [0, 0.1) is 5.82 Å². The van der Waals surface area contributed by atoms with Crippen molar-refractivity contribution >= 4 is 11.3 Å². The molecule has 0 aromatic carbocycles. The Balaban J connectivity index is 2.35. The third kappa shape index (κ3) is 2.10. The van der Waals surface area contributed by atoms with Gasteiger partial charge in [0.05, 0.1) is 5.69 Å². The van der Waals surface area contributed by atoms with Crippen LogP contribution in [0.2, 0.25) is 0 Å². The molecule has 2 aromatic rings. The number of hydrogen-bond acceptors (Lipinski definition) is 4. The Kier molecular flexibility index (Phi) is 3.26. The van der Waals surface area contributed by atoms with Crippen LogP contribution < -0.4 is 5.32 Å². The monoisotopic (exact) mass is 237 g/mol. The quantitative estimate of drug-likeness (QED) is 0.891. The maximum atomic E-state index is 13.5. The lowest BCUT2D eigenvalue weighted by Crippen LogP contribution is -2.12. The number of pyridine rings is 1. The van der Waals surface area contributed by atoms with Gasteiger partial charge in [0.2, 0.25) is 0 Å². The minimum absolute atomic E-state index is 0.164. The topological polar surface area (TPSA) is 37.8 Å². The van der Waals surface area contributed by atoms with Gasteiger partial charge in [-0.15, -0.1) is 11.3 Å². The molecule has 84 valence electrons. The summed E-state index contributed by atoms with van der Waals surface area (Å²) in [5.74, 6) is -0.333. The first kappa shape index (κ1) is 11.2. The van der Waals surface area contributed by atoms with Crippen molar-refractivity contribution in [1.29, 1.82) is 0 Å². The largest absolute Gasteiger partial charge is 0.312 e. The van der Waals surface area contributed by atoms with E-state index in [9.17, 15) is 4.39 Å². The summed E-state index contributed by atoms with van der Waals surface area (Å²) in [6.45, 7) is 2.01. The second-order valence-electron chi connectivity index (χ2n) is 3.42. The predicted molar refractivity (Wildman–Crippen MR) is 62.8 cm³/mol. The molecule has 0 saturated carbocycles. The van der Waals surface area contributed by atoms with E-state index in [1.54, 1.807) is 12.3 Å².